The second-order valence-corrected chi connectivity index (χ2v) is 7.04. The van der Waals surface area contributed by atoms with Crippen LogP contribution in [0.3, 0.4) is 0 Å². The van der Waals surface area contributed by atoms with Crippen LogP contribution in [-0.4, -0.2) is 44.2 Å². The molecular formula is C13H20N6O3S. The topological polar surface area (TPSA) is 135 Å². The quantitative estimate of drug-likeness (QED) is 0.602. The molecule has 0 atom stereocenters. The molecule has 0 radical (unpaired) electrons. The Morgan fingerprint density at radius 2 is 1.91 bits per heavy atom. The van der Waals surface area contributed by atoms with Crippen molar-refractivity contribution in [2.24, 2.45) is 21.5 Å². The molecule has 9 nitrogen and oxygen atoms in total. The second kappa shape index (κ2) is 6.52. The van der Waals surface area contributed by atoms with E-state index in [1.165, 1.54) is 17.2 Å². The van der Waals surface area contributed by atoms with E-state index in [0.29, 0.717) is 0 Å². The van der Waals surface area contributed by atoms with E-state index in [9.17, 15) is 8.42 Å². The van der Waals surface area contributed by atoms with Gasteiger partial charge in [-0.1, -0.05) is 18.2 Å². The average Bonchev–Trinajstić information content (AvgIpc) is 2.45. The molecule has 0 aromatic heterocycles. The normalized spacial score (nSPS) is 17.6. The number of nitrogens with one attached hydrogen (secondary N) is 1. The molecular weight excluding hydrogens is 320 g/mol. The molecule has 1 aromatic rings. The summed E-state index contributed by atoms with van der Waals surface area (Å²) in [5.41, 5.74) is 10.5. The molecule has 2 rings (SSSR count). The van der Waals surface area contributed by atoms with Gasteiger partial charge in [-0.05, 0) is 26.0 Å². The van der Waals surface area contributed by atoms with Gasteiger partial charge >= 0.3 is 0 Å². The van der Waals surface area contributed by atoms with E-state index >= 15 is 0 Å². The van der Waals surface area contributed by atoms with Crippen LogP contribution in [0.25, 0.3) is 0 Å². The lowest BCUT2D eigenvalue weighted by Gasteiger charge is -2.36. The van der Waals surface area contributed by atoms with Crippen LogP contribution in [0.5, 0.6) is 0 Å². The summed E-state index contributed by atoms with van der Waals surface area (Å²) in [7, 11) is -3.57. The van der Waals surface area contributed by atoms with Gasteiger partial charge in [-0.25, -0.2) is 18.1 Å². The highest BCUT2D eigenvalue weighted by atomic mass is 32.2. The van der Waals surface area contributed by atoms with Crippen molar-refractivity contribution in [3.05, 3.63) is 30.3 Å². The SMILES string of the molecule is CC1(C)N=C(N)N=C(N)N1OCCNS(=O)(=O)c1ccccc1. The third-order valence-corrected chi connectivity index (χ3v) is 4.47. The molecule has 1 aromatic carbocycles. The fourth-order valence-corrected chi connectivity index (χ4v) is 3.05. The molecule has 0 fully saturated rings. The van der Waals surface area contributed by atoms with Gasteiger partial charge in [0, 0.05) is 6.54 Å². The van der Waals surface area contributed by atoms with Crippen molar-refractivity contribution in [2.75, 3.05) is 13.2 Å². The van der Waals surface area contributed by atoms with Gasteiger partial charge in [-0.15, -0.1) is 0 Å². The zero-order valence-corrected chi connectivity index (χ0v) is 13.7. The van der Waals surface area contributed by atoms with Crippen LogP contribution < -0.4 is 16.2 Å². The number of sulfonamides is 1. The Bertz CT molecular complexity index is 714. The van der Waals surface area contributed by atoms with Gasteiger partial charge in [-0.2, -0.15) is 10.1 Å². The van der Waals surface area contributed by atoms with E-state index in [1.54, 1.807) is 32.0 Å². The summed E-state index contributed by atoms with van der Waals surface area (Å²) in [4.78, 5) is 13.6. The van der Waals surface area contributed by atoms with Gasteiger partial charge in [0.25, 0.3) is 0 Å². The maximum Gasteiger partial charge on any atom is 0.240 e. The third-order valence-electron chi connectivity index (χ3n) is 2.99. The van der Waals surface area contributed by atoms with Crippen molar-refractivity contribution < 1.29 is 13.3 Å². The largest absolute Gasteiger partial charge is 0.368 e. The summed E-state index contributed by atoms with van der Waals surface area (Å²) >= 11 is 0. The number of nitrogens with two attached hydrogens (primary N) is 2. The first kappa shape index (κ1) is 17.2. The highest BCUT2D eigenvalue weighted by Gasteiger charge is 2.33. The van der Waals surface area contributed by atoms with E-state index in [2.05, 4.69) is 14.7 Å². The minimum absolute atomic E-state index is 0.0567. The molecule has 10 heteroatoms. The van der Waals surface area contributed by atoms with Crippen molar-refractivity contribution in [2.45, 2.75) is 24.4 Å². The number of benzene rings is 1. The van der Waals surface area contributed by atoms with E-state index in [0.717, 1.165) is 0 Å². The molecule has 23 heavy (non-hydrogen) atoms. The van der Waals surface area contributed by atoms with Crippen molar-refractivity contribution in [1.29, 1.82) is 0 Å². The molecule has 0 bridgehead atoms. The summed E-state index contributed by atoms with van der Waals surface area (Å²) in [5, 5.41) is 1.29. The predicted molar refractivity (Wildman–Crippen MR) is 86.7 cm³/mol. The lowest BCUT2D eigenvalue weighted by Crippen LogP contribution is -2.54. The van der Waals surface area contributed by atoms with E-state index in [1.807, 2.05) is 0 Å². The Hall–Kier alpha value is -2.17. The summed E-state index contributed by atoms with van der Waals surface area (Å²) in [6.45, 7) is 3.61. The van der Waals surface area contributed by atoms with Gasteiger partial charge in [0.05, 0.1) is 11.5 Å². The third kappa shape index (κ3) is 4.18. The lowest BCUT2D eigenvalue weighted by atomic mass is 10.2. The molecule has 0 spiro atoms. The molecule has 5 N–H and O–H groups in total. The first-order chi connectivity index (χ1) is 10.7. The molecule has 0 amide bonds. The lowest BCUT2D eigenvalue weighted by molar-refractivity contribution is -0.154. The standard InChI is InChI=1S/C13H20N6O3S/c1-13(2)18-11(14)17-12(15)19(13)22-9-8-16-23(20,21)10-6-4-3-5-7-10/h3-7,16H,8-9H2,1-2H3,(H4,14,15,17,18). The molecule has 1 aliphatic rings. The Balaban J connectivity index is 1.90. The molecule has 1 aliphatic heterocycles. The Morgan fingerprint density at radius 1 is 1.26 bits per heavy atom. The molecule has 1 heterocycles. The van der Waals surface area contributed by atoms with E-state index in [4.69, 9.17) is 16.3 Å². The highest BCUT2D eigenvalue weighted by Crippen LogP contribution is 2.19. The maximum absolute atomic E-state index is 12.1. The Morgan fingerprint density at radius 3 is 2.52 bits per heavy atom. The zero-order valence-electron chi connectivity index (χ0n) is 12.9. The van der Waals surface area contributed by atoms with Gasteiger partial charge in [-0.3, -0.25) is 4.84 Å². The summed E-state index contributed by atoms with van der Waals surface area (Å²) in [5.74, 6) is 0.130. The first-order valence-corrected chi connectivity index (χ1v) is 8.38. The number of aliphatic imine (C=N–C) groups is 2. The predicted octanol–water partition coefficient (Wildman–Crippen LogP) is -0.422. The van der Waals surface area contributed by atoms with Crippen LogP contribution in [0.15, 0.2) is 45.2 Å². The summed E-state index contributed by atoms with van der Waals surface area (Å²) in [6.07, 6.45) is 0. The summed E-state index contributed by atoms with van der Waals surface area (Å²) < 4.78 is 26.5. The van der Waals surface area contributed by atoms with Crippen LogP contribution in [0.4, 0.5) is 0 Å². The van der Waals surface area contributed by atoms with E-state index in [-0.39, 0.29) is 30.0 Å². The fraction of sp³-hybridized carbons (Fsp3) is 0.385. The number of hydrogen-bond acceptors (Lipinski definition) is 8. The second-order valence-electron chi connectivity index (χ2n) is 5.27. The minimum Gasteiger partial charge on any atom is -0.368 e. The van der Waals surface area contributed by atoms with Crippen LogP contribution in [0.1, 0.15) is 13.8 Å². The zero-order chi connectivity index (χ0) is 17.1. The van der Waals surface area contributed by atoms with Crippen molar-refractivity contribution in [3.63, 3.8) is 0 Å². The monoisotopic (exact) mass is 340 g/mol. The van der Waals surface area contributed by atoms with Crippen molar-refractivity contribution >= 4 is 21.9 Å². The van der Waals surface area contributed by atoms with Gasteiger partial charge in [0.2, 0.25) is 21.9 Å². The van der Waals surface area contributed by atoms with Crippen LogP contribution in [0, 0.1) is 0 Å². The number of nitrogens with zero attached hydrogens (tertiary/aromatic N) is 3. The van der Waals surface area contributed by atoms with Crippen LogP contribution in [-0.2, 0) is 14.9 Å². The molecule has 0 saturated carbocycles. The van der Waals surface area contributed by atoms with Gasteiger partial charge in [0.15, 0.2) is 5.66 Å². The highest BCUT2D eigenvalue weighted by molar-refractivity contribution is 7.89. The average molecular weight is 340 g/mol. The maximum atomic E-state index is 12.1. The fourth-order valence-electron chi connectivity index (χ4n) is 2.01. The van der Waals surface area contributed by atoms with Crippen molar-refractivity contribution in [1.82, 2.24) is 9.79 Å². The van der Waals surface area contributed by atoms with Crippen molar-refractivity contribution in [3.8, 4) is 0 Å². The Kier molecular flexibility index (Phi) is 4.88. The van der Waals surface area contributed by atoms with Gasteiger partial charge in [0.1, 0.15) is 0 Å². The molecule has 0 saturated heterocycles. The Labute approximate surface area is 135 Å². The molecule has 0 aliphatic carbocycles. The molecule has 0 unspecified atom stereocenters. The summed E-state index contributed by atoms with van der Waals surface area (Å²) in [6, 6.07) is 8.08. The number of guanidine groups is 2. The number of rotatable bonds is 6. The number of hydrogen-bond donors (Lipinski definition) is 3. The van der Waals surface area contributed by atoms with Crippen LogP contribution >= 0.6 is 0 Å². The van der Waals surface area contributed by atoms with Gasteiger partial charge < -0.3 is 11.5 Å². The smallest absolute Gasteiger partial charge is 0.240 e. The minimum atomic E-state index is -3.57. The van der Waals surface area contributed by atoms with E-state index < -0.39 is 15.7 Å². The number of hydroxylamine groups is 2. The first-order valence-electron chi connectivity index (χ1n) is 6.90. The molecule has 126 valence electrons. The van der Waals surface area contributed by atoms with Crippen LogP contribution in [0.2, 0.25) is 0 Å².